The average molecular weight is 333 g/mol. The molecular formula is C14H13BrN4O. The quantitative estimate of drug-likeness (QED) is 0.690. The van der Waals surface area contributed by atoms with Crippen molar-refractivity contribution in [1.29, 1.82) is 5.26 Å². The van der Waals surface area contributed by atoms with Crippen molar-refractivity contribution < 1.29 is 4.79 Å². The Kier molecular flexibility index (Phi) is 4.53. The van der Waals surface area contributed by atoms with Gasteiger partial charge in [0.05, 0.1) is 11.9 Å². The predicted octanol–water partition coefficient (Wildman–Crippen LogP) is 2.53. The number of nitrogens with zero attached hydrogens (tertiary/aromatic N) is 3. The number of hydrogen-bond acceptors (Lipinski definition) is 3. The molecule has 0 aliphatic carbocycles. The highest BCUT2D eigenvalue weighted by molar-refractivity contribution is 9.10. The van der Waals surface area contributed by atoms with Crippen LogP contribution in [0.25, 0.3) is 11.7 Å². The van der Waals surface area contributed by atoms with Gasteiger partial charge in [0.25, 0.3) is 5.91 Å². The van der Waals surface area contributed by atoms with Crippen molar-refractivity contribution in [2.75, 3.05) is 6.54 Å². The minimum Gasteiger partial charge on any atom is -0.351 e. The molecule has 0 aromatic carbocycles. The molecule has 0 atom stereocenters. The molecule has 0 spiro atoms. The van der Waals surface area contributed by atoms with E-state index in [1.54, 1.807) is 12.3 Å². The van der Waals surface area contributed by atoms with E-state index in [1.807, 2.05) is 35.7 Å². The van der Waals surface area contributed by atoms with Crippen LogP contribution >= 0.6 is 15.9 Å². The van der Waals surface area contributed by atoms with Crippen molar-refractivity contribution in [1.82, 2.24) is 14.7 Å². The van der Waals surface area contributed by atoms with Crippen LogP contribution in [-0.4, -0.2) is 21.8 Å². The van der Waals surface area contributed by atoms with Crippen LogP contribution in [0.2, 0.25) is 0 Å². The van der Waals surface area contributed by atoms with Gasteiger partial charge in [-0.05, 0) is 24.6 Å². The fourth-order valence-corrected chi connectivity index (χ4v) is 2.04. The molecular weight excluding hydrogens is 320 g/mol. The molecule has 0 saturated carbocycles. The summed E-state index contributed by atoms with van der Waals surface area (Å²) in [5.74, 6) is -0.360. The van der Waals surface area contributed by atoms with Gasteiger partial charge in [0.15, 0.2) is 0 Å². The molecule has 1 amide bonds. The molecule has 0 aliphatic heterocycles. The third kappa shape index (κ3) is 3.06. The number of pyridine rings is 1. The zero-order valence-corrected chi connectivity index (χ0v) is 12.5. The van der Waals surface area contributed by atoms with Crippen LogP contribution in [0.3, 0.4) is 0 Å². The highest BCUT2D eigenvalue weighted by Crippen LogP contribution is 2.15. The SMILES string of the molecule is CCCNC(=O)/C(C#N)=C/c1cnc2cc(Br)ccn12. The second-order valence-electron chi connectivity index (χ2n) is 4.18. The lowest BCUT2D eigenvalue weighted by Gasteiger charge is -2.02. The van der Waals surface area contributed by atoms with Crippen molar-refractivity contribution in [3.8, 4) is 6.07 Å². The molecule has 0 radical (unpaired) electrons. The lowest BCUT2D eigenvalue weighted by atomic mass is 10.2. The van der Waals surface area contributed by atoms with E-state index >= 15 is 0 Å². The van der Waals surface area contributed by atoms with Crippen molar-refractivity contribution in [3.05, 3.63) is 40.3 Å². The van der Waals surface area contributed by atoms with Gasteiger partial charge < -0.3 is 9.72 Å². The lowest BCUT2D eigenvalue weighted by molar-refractivity contribution is -0.117. The normalized spacial score (nSPS) is 11.3. The smallest absolute Gasteiger partial charge is 0.262 e. The number of nitriles is 1. The van der Waals surface area contributed by atoms with Gasteiger partial charge in [-0.3, -0.25) is 4.79 Å². The average Bonchev–Trinajstić information content (AvgIpc) is 2.84. The van der Waals surface area contributed by atoms with Gasteiger partial charge in [0, 0.05) is 17.2 Å². The van der Waals surface area contributed by atoms with Crippen molar-refractivity contribution >= 4 is 33.6 Å². The molecule has 0 bridgehead atoms. The zero-order valence-electron chi connectivity index (χ0n) is 10.9. The summed E-state index contributed by atoms with van der Waals surface area (Å²) in [5, 5.41) is 11.8. The fraction of sp³-hybridized carbons (Fsp3) is 0.214. The van der Waals surface area contributed by atoms with Crippen molar-refractivity contribution in [2.24, 2.45) is 0 Å². The van der Waals surface area contributed by atoms with E-state index in [1.165, 1.54) is 0 Å². The molecule has 20 heavy (non-hydrogen) atoms. The first-order valence-corrected chi connectivity index (χ1v) is 6.97. The van der Waals surface area contributed by atoms with Crippen molar-refractivity contribution in [2.45, 2.75) is 13.3 Å². The number of carbonyl (C=O) groups excluding carboxylic acids is 1. The Morgan fingerprint density at radius 2 is 2.45 bits per heavy atom. The molecule has 2 aromatic heterocycles. The zero-order chi connectivity index (χ0) is 14.5. The summed E-state index contributed by atoms with van der Waals surface area (Å²) in [4.78, 5) is 16.0. The van der Waals surface area contributed by atoms with E-state index in [4.69, 9.17) is 5.26 Å². The van der Waals surface area contributed by atoms with Crippen LogP contribution in [-0.2, 0) is 4.79 Å². The molecule has 0 aliphatic rings. The number of nitrogens with one attached hydrogen (secondary N) is 1. The molecule has 0 saturated heterocycles. The highest BCUT2D eigenvalue weighted by Gasteiger charge is 2.10. The van der Waals surface area contributed by atoms with Crippen LogP contribution in [0, 0.1) is 11.3 Å². The molecule has 5 nitrogen and oxygen atoms in total. The highest BCUT2D eigenvalue weighted by atomic mass is 79.9. The first-order chi connectivity index (χ1) is 9.65. The van der Waals surface area contributed by atoms with Gasteiger partial charge in [-0.15, -0.1) is 0 Å². The Balaban J connectivity index is 2.35. The molecule has 2 heterocycles. The number of fused-ring (bicyclic) bond motifs is 1. The van der Waals surface area contributed by atoms with Crippen LogP contribution in [0.15, 0.2) is 34.6 Å². The standard InChI is InChI=1S/C14H13BrN4O/c1-2-4-17-14(20)10(8-16)6-12-9-18-13-7-11(15)3-5-19(12)13/h3,5-7,9H,2,4H2,1H3,(H,17,20)/b10-6+. The van der Waals surface area contributed by atoms with Crippen molar-refractivity contribution in [3.63, 3.8) is 0 Å². The van der Waals surface area contributed by atoms with Crippen LogP contribution in [0.4, 0.5) is 0 Å². The minimum atomic E-state index is -0.360. The summed E-state index contributed by atoms with van der Waals surface area (Å²) in [6.45, 7) is 2.51. The van der Waals surface area contributed by atoms with Gasteiger partial charge in [-0.1, -0.05) is 22.9 Å². The second kappa shape index (κ2) is 6.35. The Morgan fingerprint density at radius 3 is 3.15 bits per heavy atom. The number of hydrogen-bond donors (Lipinski definition) is 1. The monoisotopic (exact) mass is 332 g/mol. The van der Waals surface area contributed by atoms with E-state index in [0.29, 0.717) is 12.2 Å². The molecule has 0 unspecified atom stereocenters. The summed E-state index contributed by atoms with van der Waals surface area (Å²) in [6, 6.07) is 5.66. The van der Waals surface area contributed by atoms with Crippen LogP contribution < -0.4 is 5.32 Å². The second-order valence-corrected chi connectivity index (χ2v) is 5.10. The number of amides is 1. The van der Waals surface area contributed by atoms with Gasteiger partial charge in [0.2, 0.25) is 0 Å². The molecule has 2 aromatic rings. The summed E-state index contributed by atoms with van der Waals surface area (Å²) in [7, 11) is 0. The summed E-state index contributed by atoms with van der Waals surface area (Å²) < 4.78 is 2.74. The number of carbonyl (C=O) groups is 1. The number of aromatic nitrogens is 2. The van der Waals surface area contributed by atoms with Gasteiger partial charge in [0.1, 0.15) is 17.3 Å². The lowest BCUT2D eigenvalue weighted by Crippen LogP contribution is -2.25. The number of halogens is 1. The van der Waals surface area contributed by atoms with E-state index in [-0.39, 0.29) is 11.5 Å². The van der Waals surface area contributed by atoms with Gasteiger partial charge in [-0.25, -0.2) is 4.98 Å². The summed E-state index contributed by atoms with van der Waals surface area (Å²) in [5.41, 5.74) is 1.51. The third-order valence-electron chi connectivity index (χ3n) is 2.70. The topological polar surface area (TPSA) is 70.2 Å². The van der Waals surface area contributed by atoms with Crippen LogP contribution in [0.5, 0.6) is 0 Å². The Morgan fingerprint density at radius 1 is 1.65 bits per heavy atom. The van der Waals surface area contributed by atoms with Gasteiger partial charge in [-0.2, -0.15) is 5.26 Å². The van der Waals surface area contributed by atoms with E-state index in [9.17, 15) is 4.79 Å². The first kappa shape index (κ1) is 14.3. The maximum Gasteiger partial charge on any atom is 0.262 e. The number of rotatable bonds is 4. The van der Waals surface area contributed by atoms with E-state index < -0.39 is 0 Å². The Bertz CT molecular complexity index is 712. The maximum atomic E-state index is 11.8. The first-order valence-electron chi connectivity index (χ1n) is 6.18. The number of imidazole rings is 1. The van der Waals surface area contributed by atoms with E-state index in [2.05, 4.69) is 26.2 Å². The molecule has 0 fully saturated rings. The largest absolute Gasteiger partial charge is 0.351 e. The summed E-state index contributed by atoms with van der Waals surface area (Å²) in [6.07, 6.45) is 5.83. The Labute approximate surface area is 125 Å². The predicted molar refractivity (Wildman–Crippen MR) is 79.8 cm³/mol. The molecule has 2 rings (SSSR count). The fourth-order valence-electron chi connectivity index (χ4n) is 1.71. The van der Waals surface area contributed by atoms with E-state index in [0.717, 1.165) is 16.5 Å². The molecule has 102 valence electrons. The Hall–Kier alpha value is -2.13. The third-order valence-corrected chi connectivity index (χ3v) is 3.19. The minimum absolute atomic E-state index is 0.0724. The molecule has 1 N–H and O–H groups in total. The van der Waals surface area contributed by atoms with Gasteiger partial charge >= 0.3 is 0 Å². The maximum absolute atomic E-state index is 11.8. The summed E-state index contributed by atoms with van der Waals surface area (Å²) >= 11 is 3.37. The van der Waals surface area contributed by atoms with Crippen LogP contribution in [0.1, 0.15) is 19.0 Å². The molecule has 6 heteroatoms.